The number of hydrogen-bond acceptors (Lipinski definition) is 2. The lowest BCUT2D eigenvalue weighted by atomic mass is 9.92. The lowest BCUT2D eigenvalue weighted by molar-refractivity contribution is -0.124. The van der Waals surface area contributed by atoms with Crippen molar-refractivity contribution >= 4 is 5.91 Å². The van der Waals surface area contributed by atoms with E-state index in [1.54, 1.807) is 0 Å². The first-order valence-corrected chi connectivity index (χ1v) is 8.76. The normalized spacial score (nSPS) is 22.7. The van der Waals surface area contributed by atoms with Crippen LogP contribution in [0.15, 0.2) is 0 Å². The Kier molecular flexibility index (Phi) is 9.73. The van der Waals surface area contributed by atoms with Gasteiger partial charge in [0.2, 0.25) is 5.91 Å². The van der Waals surface area contributed by atoms with Crippen molar-refractivity contribution in [1.82, 2.24) is 10.6 Å². The van der Waals surface area contributed by atoms with Crippen LogP contribution in [0.1, 0.15) is 78.1 Å². The van der Waals surface area contributed by atoms with Crippen molar-refractivity contribution in [2.75, 3.05) is 13.1 Å². The van der Waals surface area contributed by atoms with Gasteiger partial charge >= 0.3 is 0 Å². The summed E-state index contributed by atoms with van der Waals surface area (Å²) in [5.74, 6) is 0.683. The minimum absolute atomic E-state index is 0.0396. The first kappa shape index (κ1) is 17.5. The Hall–Kier alpha value is -0.570. The number of unbranched alkanes of at least 4 members (excludes halogenated alkanes) is 7. The largest absolute Gasteiger partial charge is 0.355 e. The van der Waals surface area contributed by atoms with Gasteiger partial charge in [-0.05, 0) is 31.7 Å². The molecule has 1 aliphatic heterocycles. The molecule has 2 atom stereocenters. The summed E-state index contributed by atoms with van der Waals surface area (Å²) >= 11 is 0. The van der Waals surface area contributed by atoms with Crippen molar-refractivity contribution < 1.29 is 4.79 Å². The lowest BCUT2D eigenvalue weighted by Gasteiger charge is -2.28. The summed E-state index contributed by atoms with van der Waals surface area (Å²) in [7, 11) is 0. The van der Waals surface area contributed by atoms with Crippen molar-refractivity contribution in [3.05, 3.63) is 0 Å². The van der Waals surface area contributed by atoms with Crippen LogP contribution in [0, 0.1) is 5.92 Å². The Labute approximate surface area is 125 Å². The van der Waals surface area contributed by atoms with Gasteiger partial charge in [-0.1, -0.05) is 58.8 Å². The van der Waals surface area contributed by atoms with Crippen molar-refractivity contribution in [3.8, 4) is 0 Å². The van der Waals surface area contributed by atoms with Crippen LogP contribution in [-0.4, -0.2) is 25.0 Å². The number of nitrogens with one attached hydrogen (secondary N) is 2. The smallest absolute Gasteiger partial charge is 0.237 e. The summed E-state index contributed by atoms with van der Waals surface area (Å²) in [6.07, 6.45) is 12.9. The molecule has 1 fully saturated rings. The van der Waals surface area contributed by atoms with Crippen LogP contribution < -0.4 is 10.6 Å². The Balaban J connectivity index is 1.94. The van der Waals surface area contributed by atoms with E-state index in [0.717, 1.165) is 19.5 Å². The molecule has 0 saturated carbocycles. The fourth-order valence-electron chi connectivity index (χ4n) is 2.98. The third-order valence-electron chi connectivity index (χ3n) is 4.38. The van der Waals surface area contributed by atoms with E-state index in [4.69, 9.17) is 0 Å². The second-order valence-electron chi connectivity index (χ2n) is 6.32. The van der Waals surface area contributed by atoms with Gasteiger partial charge < -0.3 is 10.6 Å². The van der Waals surface area contributed by atoms with Crippen molar-refractivity contribution in [3.63, 3.8) is 0 Å². The van der Waals surface area contributed by atoms with E-state index >= 15 is 0 Å². The molecule has 0 spiro atoms. The molecule has 0 radical (unpaired) electrons. The van der Waals surface area contributed by atoms with E-state index in [0.29, 0.717) is 5.92 Å². The quantitative estimate of drug-likeness (QED) is 0.601. The average Bonchev–Trinajstić information content (AvgIpc) is 2.46. The molecule has 0 aromatic carbocycles. The maximum atomic E-state index is 12.0. The van der Waals surface area contributed by atoms with Gasteiger partial charge in [-0.2, -0.15) is 0 Å². The SMILES string of the molecule is CCCCCCCCCCNC(=O)C1NCCCC1C. The van der Waals surface area contributed by atoms with Gasteiger partial charge in [0.25, 0.3) is 0 Å². The van der Waals surface area contributed by atoms with Crippen LogP contribution in [0.2, 0.25) is 0 Å². The molecule has 0 aromatic heterocycles. The molecule has 1 rings (SSSR count). The first-order valence-electron chi connectivity index (χ1n) is 8.76. The van der Waals surface area contributed by atoms with E-state index < -0.39 is 0 Å². The predicted octanol–water partition coefficient (Wildman–Crippen LogP) is 3.63. The molecule has 1 aliphatic rings. The molecule has 0 bridgehead atoms. The fraction of sp³-hybridized carbons (Fsp3) is 0.941. The van der Waals surface area contributed by atoms with Crippen LogP contribution in [0.5, 0.6) is 0 Å². The number of amides is 1. The zero-order valence-electron chi connectivity index (χ0n) is 13.5. The lowest BCUT2D eigenvalue weighted by Crippen LogP contribution is -2.51. The monoisotopic (exact) mass is 282 g/mol. The van der Waals surface area contributed by atoms with Gasteiger partial charge in [0.1, 0.15) is 0 Å². The highest BCUT2D eigenvalue weighted by Gasteiger charge is 2.26. The number of carbonyl (C=O) groups is 1. The number of hydrogen-bond donors (Lipinski definition) is 2. The van der Waals surface area contributed by atoms with Crippen LogP contribution in [-0.2, 0) is 4.79 Å². The van der Waals surface area contributed by atoms with Crippen molar-refractivity contribution in [1.29, 1.82) is 0 Å². The van der Waals surface area contributed by atoms with Crippen molar-refractivity contribution in [2.24, 2.45) is 5.92 Å². The summed E-state index contributed by atoms with van der Waals surface area (Å²) in [6.45, 7) is 6.26. The molecule has 1 saturated heterocycles. The van der Waals surface area contributed by atoms with E-state index in [1.165, 1.54) is 57.8 Å². The van der Waals surface area contributed by atoms with Gasteiger partial charge in [-0.25, -0.2) is 0 Å². The third-order valence-corrected chi connectivity index (χ3v) is 4.38. The van der Waals surface area contributed by atoms with E-state index in [1.807, 2.05) is 0 Å². The molecular weight excluding hydrogens is 248 g/mol. The van der Waals surface area contributed by atoms with Gasteiger partial charge in [0, 0.05) is 6.54 Å². The Morgan fingerprint density at radius 3 is 2.40 bits per heavy atom. The van der Waals surface area contributed by atoms with Gasteiger partial charge in [-0.3, -0.25) is 4.79 Å². The molecule has 3 nitrogen and oxygen atoms in total. The standard InChI is InChI=1S/C17H34N2O/c1-3-4-5-6-7-8-9-10-13-19-17(20)16-15(2)12-11-14-18-16/h15-16,18H,3-14H2,1-2H3,(H,19,20). The molecule has 118 valence electrons. The zero-order chi connectivity index (χ0) is 14.6. The first-order chi connectivity index (χ1) is 9.75. The van der Waals surface area contributed by atoms with Gasteiger partial charge in [0.15, 0.2) is 0 Å². The third kappa shape index (κ3) is 7.28. The van der Waals surface area contributed by atoms with Crippen LogP contribution in [0.25, 0.3) is 0 Å². The maximum Gasteiger partial charge on any atom is 0.237 e. The Bertz CT molecular complexity index is 255. The highest BCUT2D eigenvalue weighted by molar-refractivity contribution is 5.82. The minimum atomic E-state index is 0.0396. The molecule has 2 N–H and O–H groups in total. The molecule has 1 amide bonds. The predicted molar refractivity (Wildman–Crippen MR) is 85.8 cm³/mol. The highest BCUT2D eigenvalue weighted by Crippen LogP contribution is 2.15. The summed E-state index contributed by atoms with van der Waals surface area (Å²) in [5.41, 5.74) is 0. The second kappa shape index (κ2) is 11.1. The molecule has 1 heterocycles. The minimum Gasteiger partial charge on any atom is -0.355 e. The summed E-state index contributed by atoms with van der Waals surface area (Å²) in [5, 5.41) is 6.43. The Morgan fingerprint density at radius 2 is 1.75 bits per heavy atom. The van der Waals surface area contributed by atoms with E-state index in [9.17, 15) is 4.79 Å². The van der Waals surface area contributed by atoms with Gasteiger partial charge in [0.05, 0.1) is 6.04 Å². The maximum absolute atomic E-state index is 12.0. The summed E-state index contributed by atoms with van der Waals surface area (Å²) < 4.78 is 0. The summed E-state index contributed by atoms with van der Waals surface area (Å²) in [4.78, 5) is 12.0. The molecule has 0 aromatic rings. The number of carbonyl (C=O) groups excluding carboxylic acids is 1. The highest BCUT2D eigenvalue weighted by atomic mass is 16.2. The fourth-order valence-corrected chi connectivity index (χ4v) is 2.98. The number of rotatable bonds is 10. The van der Waals surface area contributed by atoms with Gasteiger partial charge in [-0.15, -0.1) is 0 Å². The second-order valence-corrected chi connectivity index (χ2v) is 6.32. The molecule has 0 aliphatic carbocycles. The molecule has 2 unspecified atom stereocenters. The topological polar surface area (TPSA) is 41.1 Å². The van der Waals surface area contributed by atoms with Crippen LogP contribution >= 0.6 is 0 Å². The Morgan fingerprint density at radius 1 is 1.10 bits per heavy atom. The zero-order valence-corrected chi connectivity index (χ0v) is 13.5. The molecular formula is C17H34N2O. The van der Waals surface area contributed by atoms with E-state index in [-0.39, 0.29) is 11.9 Å². The van der Waals surface area contributed by atoms with Crippen LogP contribution in [0.3, 0.4) is 0 Å². The molecule has 3 heteroatoms. The van der Waals surface area contributed by atoms with Crippen molar-refractivity contribution in [2.45, 2.75) is 84.1 Å². The molecule has 20 heavy (non-hydrogen) atoms. The van der Waals surface area contributed by atoms with Crippen LogP contribution in [0.4, 0.5) is 0 Å². The van der Waals surface area contributed by atoms with E-state index in [2.05, 4.69) is 24.5 Å². The number of piperidine rings is 1. The summed E-state index contributed by atoms with van der Waals surface area (Å²) in [6, 6.07) is 0.0396. The average molecular weight is 282 g/mol.